The Morgan fingerprint density at radius 2 is 2.10 bits per heavy atom. The summed E-state index contributed by atoms with van der Waals surface area (Å²) in [5.41, 5.74) is 0.418. The van der Waals surface area contributed by atoms with Crippen LogP contribution in [0.2, 0.25) is 0 Å². The van der Waals surface area contributed by atoms with E-state index >= 15 is 0 Å². The molecule has 0 aliphatic heterocycles. The van der Waals surface area contributed by atoms with Crippen molar-refractivity contribution in [3.8, 4) is 11.6 Å². The molecular formula is C14H15FN2O3S. The number of rotatable bonds is 5. The van der Waals surface area contributed by atoms with Crippen molar-refractivity contribution in [2.45, 2.75) is 11.4 Å². The molecule has 0 unspecified atom stereocenters. The van der Waals surface area contributed by atoms with Gasteiger partial charge in [0.2, 0.25) is 0 Å². The van der Waals surface area contributed by atoms with Crippen LogP contribution in [0, 0.1) is 5.82 Å². The smallest absolute Gasteiger partial charge is 0.256 e. The molecule has 0 radical (unpaired) electrons. The number of halogens is 1. The fraction of sp³-hybridized carbons (Fsp3) is 0.214. The number of hydrogen-bond acceptors (Lipinski definition) is 5. The van der Waals surface area contributed by atoms with Crippen molar-refractivity contribution < 1.29 is 17.5 Å². The molecule has 0 saturated carbocycles. The zero-order chi connectivity index (χ0) is 15.5. The molecule has 0 bridgehead atoms. The van der Waals surface area contributed by atoms with E-state index in [4.69, 9.17) is 4.74 Å². The van der Waals surface area contributed by atoms with Crippen molar-refractivity contribution in [1.29, 1.82) is 0 Å². The first kappa shape index (κ1) is 15.4. The number of nitrogens with zero attached hydrogens (tertiary/aromatic N) is 1. The SMILES string of the molecule is CNCc1ccnc(Oc2cccc(S(C)(=O)=O)c2)c1F. The molecule has 112 valence electrons. The highest BCUT2D eigenvalue weighted by atomic mass is 32.2. The highest BCUT2D eigenvalue weighted by molar-refractivity contribution is 7.90. The second-order valence-corrected chi connectivity index (χ2v) is 6.48. The molecule has 0 spiro atoms. The molecule has 0 saturated heterocycles. The highest BCUT2D eigenvalue weighted by Gasteiger charge is 2.13. The van der Waals surface area contributed by atoms with Crippen molar-refractivity contribution in [3.63, 3.8) is 0 Å². The Balaban J connectivity index is 2.33. The number of pyridine rings is 1. The summed E-state index contributed by atoms with van der Waals surface area (Å²) in [4.78, 5) is 3.94. The van der Waals surface area contributed by atoms with Crippen molar-refractivity contribution in [3.05, 3.63) is 47.9 Å². The second kappa shape index (κ2) is 6.19. The normalized spacial score (nSPS) is 11.4. The lowest BCUT2D eigenvalue weighted by Crippen LogP contribution is -2.08. The number of aromatic nitrogens is 1. The van der Waals surface area contributed by atoms with Crippen LogP contribution in [-0.2, 0) is 16.4 Å². The van der Waals surface area contributed by atoms with Gasteiger partial charge in [0.05, 0.1) is 4.90 Å². The zero-order valence-corrected chi connectivity index (χ0v) is 12.4. The van der Waals surface area contributed by atoms with Crippen molar-refractivity contribution in [1.82, 2.24) is 10.3 Å². The topological polar surface area (TPSA) is 68.3 Å². The van der Waals surface area contributed by atoms with Crippen molar-refractivity contribution in [2.24, 2.45) is 0 Å². The standard InChI is InChI=1S/C14H15FN2O3S/c1-16-9-10-6-7-17-14(13(10)15)20-11-4-3-5-12(8-11)21(2,18)19/h3-8,16H,9H2,1-2H3. The van der Waals surface area contributed by atoms with Gasteiger partial charge in [0, 0.05) is 24.6 Å². The Morgan fingerprint density at radius 1 is 1.33 bits per heavy atom. The summed E-state index contributed by atoms with van der Waals surface area (Å²) in [5.74, 6) is -0.545. The van der Waals surface area contributed by atoms with Crippen LogP contribution in [0.25, 0.3) is 0 Å². The zero-order valence-electron chi connectivity index (χ0n) is 11.6. The molecular weight excluding hydrogens is 295 g/mol. The van der Waals surface area contributed by atoms with Gasteiger partial charge in [-0.15, -0.1) is 0 Å². The first-order valence-corrected chi connectivity index (χ1v) is 8.07. The average molecular weight is 310 g/mol. The average Bonchev–Trinajstić information content (AvgIpc) is 2.43. The maximum atomic E-state index is 14.1. The molecule has 0 fully saturated rings. The molecule has 7 heteroatoms. The van der Waals surface area contributed by atoms with Crippen LogP contribution >= 0.6 is 0 Å². The van der Waals surface area contributed by atoms with Crippen molar-refractivity contribution in [2.75, 3.05) is 13.3 Å². The first-order chi connectivity index (χ1) is 9.91. The van der Waals surface area contributed by atoms with Crippen LogP contribution in [-0.4, -0.2) is 26.7 Å². The van der Waals surface area contributed by atoms with E-state index in [9.17, 15) is 12.8 Å². The summed E-state index contributed by atoms with van der Waals surface area (Å²) in [6.07, 6.45) is 2.53. The lowest BCUT2D eigenvalue weighted by Gasteiger charge is -2.09. The fourth-order valence-corrected chi connectivity index (χ4v) is 2.40. The number of hydrogen-bond donors (Lipinski definition) is 1. The molecule has 21 heavy (non-hydrogen) atoms. The van der Waals surface area contributed by atoms with Crippen LogP contribution < -0.4 is 10.1 Å². The van der Waals surface area contributed by atoms with Gasteiger partial charge in [-0.25, -0.2) is 17.8 Å². The predicted molar refractivity (Wildman–Crippen MR) is 76.6 cm³/mol. The molecule has 1 heterocycles. The third-order valence-corrected chi connectivity index (χ3v) is 3.86. The fourth-order valence-electron chi connectivity index (χ4n) is 1.74. The monoisotopic (exact) mass is 310 g/mol. The number of sulfone groups is 1. The Labute approximate surface area is 122 Å². The Morgan fingerprint density at radius 3 is 2.76 bits per heavy atom. The van der Waals surface area contributed by atoms with Gasteiger partial charge in [0.25, 0.3) is 5.88 Å². The molecule has 2 rings (SSSR count). The van der Waals surface area contributed by atoms with Crippen LogP contribution in [0.3, 0.4) is 0 Å². The van der Waals surface area contributed by atoms with E-state index in [-0.39, 0.29) is 16.5 Å². The number of nitrogens with one attached hydrogen (secondary N) is 1. The summed E-state index contributed by atoms with van der Waals surface area (Å²) < 4.78 is 42.5. The van der Waals surface area contributed by atoms with E-state index in [0.717, 1.165) is 6.26 Å². The third kappa shape index (κ3) is 3.77. The Hall–Kier alpha value is -1.99. The molecule has 0 aliphatic carbocycles. The van der Waals surface area contributed by atoms with Gasteiger partial charge in [-0.1, -0.05) is 6.07 Å². The van der Waals surface area contributed by atoms with E-state index in [1.165, 1.54) is 24.4 Å². The predicted octanol–water partition coefficient (Wildman–Crippen LogP) is 2.14. The summed E-state index contributed by atoms with van der Waals surface area (Å²) in [7, 11) is -1.64. The first-order valence-electron chi connectivity index (χ1n) is 6.18. The van der Waals surface area contributed by atoms with E-state index < -0.39 is 15.7 Å². The molecule has 0 aliphatic rings. The molecule has 1 aromatic carbocycles. The van der Waals surface area contributed by atoms with Gasteiger partial charge in [-0.3, -0.25) is 0 Å². The summed E-state index contributed by atoms with van der Waals surface area (Å²) in [6, 6.07) is 7.40. The van der Waals surface area contributed by atoms with Gasteiger partial charge in [0.1, 0.15) is 5.75 Å². The minimum Gasteiger partial charge on any atom is -0.436 e. The summed E-state index contributed by atoms with van der Waals surface area (Å²) >= 11 is 0. The highest BCUT2D eigenvalue weighted by Crippen LogP contribution is 2.25. The van der Waals surface area contributed by atoms with Crippen LogP contribution in [0.15, 0.2) is 41.4 Å². The number of benzene rings is 1. The maximum absolute atomic E-state index is 14.1. The second-order valence-electron chi connectivity index (χ2n) is 4.47. The van der Waals surface area contributed by atoms with Crippen LogP contribution in [0.1, 0.15) is 5.56 Å². The lowest BCUT2D eigenvalue weighted by molar-refractivity contribution is 0.417. The van der Waals surface area contributed by atoms with E-state index in [1.807, 2.05) is 0 Å². The molecule has 0 amide bonds. The van der Waals surface area contributed by atoms with E-state index in [2.05, 4.69) is 10.3 Å². The van der Waals surface area contributed by atoms with Gasteiger partial charge >= 0.3 is 0 Å². The number of ether oxygens (including phenoxy) is 1. The van der Waals surface area contributed by atoms with Gasteiger partial charge in [-0.2, -0.15) is 0 Å². The minimum atomic E-state index is -3.35. The molecule has 5 nitrogen and oxygen atoms in total. The minimum absolute atomic E-state index is 0.104. The van der Waals surface area contributed by atoms with Crippen LogP contribution in [0.5, 0.6) is 11.6 Å². The van der Waals surface area contributed by atoms with E-state index in [1.54, 1.807) is 19.2 Å². The largest absolute Gasteiger partial charge is 0.436 e. The Kier molecular flexibility index (Phi) is 4.54. The lowest BCUT2D eigenvalue weighted by atomic mass is 10.2. The van der Waals surface area contributed by atoms with Gasteiger partial charge in [-0.05, 0) is 31.3 Å². The molecule has 0 atom stereocenters. The maximum Gasteiger partial charge on any atom is 0.256 e. The van der Waals surface area contributed by atoms with Crippen LogP contribution in [0.4, 0.5) is 4.39 Å². The summed E-state index contributed by atoms with van der Waals surface area (Å²) in [5, 5.41) is 2.84. The third-order valence-electron chi connectivity index (χ3n) is 2.75. The Bertz CT molecular complexity index is 748. The van der Waals surface area contributed by atoms with Gasteiger partial charge in [0.15, 0.2) is 15.7 Å². The molecule has 1 aromatic heterocycles. The summed E-state index contributed by atoms with van der Waals surface area (Å²) in [6.45, 7) is 0.341. The molecule has 1 N–H and O–H groups in total. The quantitative estimate of drug-likeness (QED) is 0.916. The van der Waals surface area contributed by atoms with Gasteiger partial charge < -0.3 is 10.1 Å². The molecule has 2 aromatic rings. The van der Waals surface area contributed by atoms with E-state index in [0.29, 0.717) is 12.1 Å². The van der Waals surface area contributed by atoms with Crippen molar-refractivity contribution >= 4 is 9.84 Å².